The van der Waals surface area contributed by atoms with Crippen molar-refractivity contribution in [3.8, 4) is 11.5 Å². The molecule has 5 rings (SSSR count). The minimum absolute atomic E-state index is 0.0771. The summed E-state index contributed by atoms with van der Waals surface area (Å²) in [4.78, 5) is 13.2. The van der Waals surface area contributed by atoms with E-state index in [2.05, 4.69) is 4.72 Å². The quantitative estimate of drug-likeness (QED) is 0.650. The Morgan fingerprint density at radius 2 is 1.84 bits per heavy atom. The first-order valence-corrected chi connectivity index (χ1v) is 11.9. The molecule has 0 saturated heterocycles. The van der Waals surface area contributed by atoms with Gasteiger partial charge in [-0.3, -0.25) is 4.79 Å². The number of amides is 1. The molecule has 160 valence electrons. The molecule has 2 aliphatic rings. The van der Waals surface area contributed by atoms with Crippen molar-refractivity contribution in [1.82, 2.24) is 4.72 Å². The molecule has 1 aliphatic heterocycles. The number of sulfonamides is 1. The van der Waals surface area contributed by atoms with E-state index in [9.17, 15) is 13.2 Å². The lowest BCUT2D eigenvalue weighted by Crippen LogP contribution is -2.35. The highest BCUT2D eigenvalue weighted by Gasteiger charge is 2.39. The first kappa shape index (κ1) is 19.9. The molecule has 0 spiro atoms. The van der Waals surface area contributed by atoms with Crippen molar-refractivity contribution in [2.75, 3.05) is 13.7 Å². The highest BCUT2D eigenvalue weighted by atomic mass is 32.2. The minimum atomic E-state index is -4.06. The fourth-order valence-corrected chi connectivity index (χ4v) is 5.70. The fraction of sp³-hybridized carbons (Fsp3) is 0.292. The molecule has 0 aromatic heterocycles. The largest absolute Gasteiger partial charge is 0.496 e. The van der Waals surface area contributed by atoms with Gasteiger partial charge >= 0.3 is 0 Å². The summed E-state index contributed by atoms with van der Waals surface area (Å²) in [6.45, 7) is 0.0896. The molecule has 0 radical (unpaired) electrons. The van der Waals surface area contributed by atoms with Crippen molar-refractivity contribution >= 4 is 26.7 Å². The Bertz CT molecular complexity index is 1280. The first-order chi connectivity index (χ1) is 15.0. The van der Waals surface area contributed by atoms with Crippen molar-refractivity contribution < 1.29 is 22.7 Å². The Morgan fingerprint density at radius 3 is 2.58 bits per heavy atom. The zero-order chi connectivity index (χ0) is 21.6. The van der Waals surface area contributed by atoms with Crippen LogP contribution in [0.1, 0.15) is 42.2 Å². The topological polar surface area (TPSA) is 81.7 Å². The van der Waals surface area contributed by atoms with Crippen LogP contribution in [0, 0.1) is 0 Å². The molecule has 6 nitrogen and oxygen atoms in total. The Kier molecular flexibility index (Phi) is 4.85. The maximum Gasteiger partial charge on any atom is 0.264 e. The molecule has 1 fully saturated rings. The van der Waals surface area contributed by atoms with E-state index >= 15 is 0 Å². The predicted octanol–water partition coefficient (Wildman–Crippen LogP) is 4.10. The van der Waals surface area contributed by atoms with Gasteiger partial charge in [-0.05, 0) is 41.8 Å². The van der Waals surface area contributed by atoms with Crippen molar-refractivity contribution in [3.63, 3.8) is 0 Å². The number of rotatable bonds is 5. The van der Waals surface area contributed by atoms with Crippen LogP contribution in [0.4, 0.5) is 0 Å². The van der Waals surface area contributed by atoms with E-state index < -0.39 is 21.8 Å². The summed E-state index contributed by atoms with van der Waals surface area (Å²) in [6, 6.07) is 16.0. The lowest BCUT2D eigenvalue weighted by atomic mass is 9.78. The van der Waals surface area contributed by atoms with Gasteiger partial charge in [0, 0.05) is 5.39 Å². The third kappa shape index (κ3) is 3.33. The monoisotopic (exact) mass is 437 g/mol. The van der Waals surface area contributed by atoms with Crippen molar-refractivity contribution in [3.05, 3.63) is 65.7 Å². The van der Waals surface area contributed by atoms with Gasteiger partial charge in [0.1, 0.15) is 24.0 Å². The van der Waals surface area contributed by atoms with Crippen LogP contribution in [0.5, 0.6) is 11.5 Å². The smallest absolute Gasteiger partial charge is 0.264 e. The SMILES string of the molecule is COc1ccc(C2CCC2)c2c1[C@H](C(=O)NS(=O)(=O)c1cccc3ccccc13)CO2. The van der Waals surface area contributed by atoms with Crippen LogP contribution in [-0.4, -0.2) is 28.0 Å². The van der Waals surface area contributed by atoms with E-state index in [1.165, 1.54) is 12.5 Å². The Morgan fingerprint density at radius 1 is 1.06 bits per heavy atom. The second-order valence-electron chi connectivity index (χ2n) is 8.04. The lowest BCUT2D eigenvalue weighted by molar-refractivity contribution is -0.121. The van der Waals surface area contributed by atoms with Crippen molar-refractivity contribution in [1.29, 1.82) is 0 Å². The fourth-order valence-electron chi connectivity index (χ4n) is 4.45. The van der Waals surface area contributed by atoms with Gasteiger partial charge in [-0.25, -0.2) is 13.1 Å². The van der Waals surface area contributed by atoms with Gasteiger partial charge < -0.3 is 9.47 Å². The lowest BCUT2D eigenvalue weighted by Gasteiger charge is -2.27. The molecule has 1 amide bonds. The summed E-state index contributed by atoms with van der Waals surface area (Å²) in [5.41, 5.74) is 1.71. The number of fused-ring (bicyclic) bond motifs is 2. The number of nitrogens with one attached hydrogen (secondary N) is 1. The summed E-state index contributed by atoms with van der Waals surface area (Å²) < 4.78 is 39.9. The average Bonchev–Trinajstić information content (AvgIpc) is 3.18. The standard InChI is InChI=1S/C24H23NO5S/c1-29-20-13-12-18(16-7-4-8-16)23-22(20)19(14-30-23)24(26)25-31(27,28)21-11-5-9-15-6-2-3-10-17(15)21/h2-3,5-6,9-13,16,19H,4,7-8,14H2,1H3,(H,25,26)/t19-/m1/s1. The van der Waals surface area contributed by atoms with Gasteiger partial charge in [-0.2, -0.15) is 0 Å². The molecule has 7 heteroatoms. The molecule has 0 unspecified atom stereocenters. The van der Waals surface area contributed by atoms with Gasteiger partial charge in [0.25, 0.3) is 10.0 Å². The minimum Gasteiger partial charge on any atom is -0.496 e. The van der Waals surface area contributed by atoms with E-state index in [4.69, 9.17) is 9.47 Å². The number of hydrogen-bond donors (Lipinski definition) is 1. The van der Waals surface area contributed by atoms with Crippen LogP contribution in [0.3, 0.4) is 0 Å². The molecular weight excluding hydrogens is 414 g/mol. The molecule has 1 saturated carbocycles. The highest BCUT2D eigenvalue weighted by molar-refractivity contribution is 7.90. The van der Waals surface area contributed by atoms with Crippen LogP contribution in [0.15, 0.2) is 59.5 Å². The van der Waals surface area contributed by atoms with Crippen LogP contribution < -0.4 is 14.2 Å². The molecule has 1 atom stereocenters. The summed E-state index contributed by atoms with van der Waals surface area (Å²) in [7, 11) is -2.52. The summed E-state index contributed by atoms with van der Waals surface area (Å²) in [6.07, 6.45) is 3.36. The van der Waals surface area contributed by atoms with Crippen LogP contribution in [0.2, 0.25) is 0 Å². The molecule has 1 aliphatic carbocycles. The molecule has 31 heavy (non-hydrogen) atoms. The third-order valence-electron chi connectivity index (χ3n) is 6.28. The maximum absolute atomic E-state index is 13.1. The second kappa shape index (κ2) is 7.57. The molecule has 3 aromatic carbocycles. The normalized spacial score (nSPS) is 18.2. The van der Waals surface area contributed by atoms with E-state index in [-0.39, 0.29) is 11.5 Å². The molecule has 1 heterocycles. The first-order valence-electron chi connectivity index (χ1n) is 10.4. The zero-order valence-electron chi connectivity index (χ0n) is 17.1. The predicted molar refractivity (Wildman–Crippen MR) is 117 cm³/mol. The van der Waals surface area contributed by atoms with E-state index in [0.29, 0.717) is 28.4 Å². The van der Waals surface area contributed by atoms with Gasteiger partial charge in [-0.15, -0.1) is 0 Å². The third-order valence-corrected chi connectivity index (χ3v) is 7.69. The Hall–Kier alpha value is -3.06. The zero-order valence-corrected chi connectivity index (χ0v) is 17.9. The Balaban J connectivity index is 1.49. The number of carbonyl (C=O) groups excluding carboxylic acids is 1. The number of ether oxygens (including phenoxy) is 2. The van der Waals surface area contributed by atoms with Crippen molar-refractivity contribution in [2.24, 2.45) is 0 Å². The van der Waals surface area contributed by atoms with Crippen molar-refractivity contribution in [2.45, 2.75) is 36.0 Å². The molecule has 3 aromatic rings. The average molecular weight is 438 g/mol. The number of hydrogen-bond acceptors (Lipinski definition) is 5. The van der Waals surface area contributed by atoms with E-state index in [1.54, 1.807) is 25.3 Å². The number of carbonyl (C=O) groups is 1. The summed E-state index contributed by atoms with van der Waals surface area (Å²) in [5.74, 6) is 0.261. The van der Waals surface area contributed by atoms with Crippen LogP contribution in [-0.2, 0) is 14.8 Å². The summed E-state index contributed by atoms with van der Waals surface area (Å²) in [5, 5.41) is 1.36. The van der Waals surface area contributed by atoms with E-state index in [1.807, 2.05) is 30.3 Å². The molecule has 1 N–H and O–H groups in total. The molecule has 0 bridgehead atoms. The van der Waals surface area contributed by atoms with Gasteiger partial charge in [0.2, 0.25) is 5.91 Å². The maximum atomic E-state index is 13.1. The highest BCUT2D eigenvalue weighted by Crippen LogP contribution is 2.49. The number of methoxy groups -OCH3 is 1. The molecular formula is C24H23NO5S. The van der Waals surface area contributed by atoms with Gasteiger partial charge in [0.05, 0.1) is 17.6 Å². The van der Waals surface area contributed by atoms with Gasteiger partial charge in [0.15, 0.2) is 0 Å². The van der Waals surface area contributed by atoms with Gasteiger partial charge in [-0.1, -0.05) is 48.9 Å². The Labute approximate surface area is 181 Å². The van der Waals surface area contributed by atoms with E-state index in [0.717, 1.165) is 23.8 Å². The number of benzene rings is 3. The van der Waals surface area contributed by atoms with Crippen LogP contribution >= 0.6 is 0 Å². The summed E-state index contributed by atoms with van der Waals surface area (Å²) >= 11 is 0. The second-order valence-corrected chi connectivity index (χ2v) is 9.69. The van der Waals surface area contributed by atoms with Crippen LogP contribution in [0.25, 0.3) is 10.8 Å².